The molecule has 6 fully saturated rings. The highest BCUT2D eigenvalue weighted by molar-refractivity contribution is 7.21. The van der Waals surface area contributed by atoms with Crippen LogP contribution in [0.4, 0.5) is 17.6 Å². The van der Waals surface area contributed by atoms with Gasteiger partial charge in [-0.15, -0.1) is 23.7 Å². The second-order valence-electron chi connectivity index (χ2n) is 14.9. The first kappa shape index (κ1) is 41.1. The van der Waals surface area contributed by atoms with E-state index in [9.17, 15) is 27.2 Å². The Kier molecular flexibility index (Phi) is 12.6. The summed E-state index contributed by atoms with van der Waals surface area (Å²) < 4.78 is 59.2. The van der Waals surface area contributed by atoms with Crippen molar-refractivity contribution in [2.24, 2.45) is 23.5 Å². The molecule has 10 rings (SSSR count). The van der Waals surface area contributed by atoms with E-state index >= 15 is 0 Å². The Morgan fingerprint density at radius 2 is 1.31 bits per heavy atom. The first-order valence-electron chi connectivity index (χ1n) is 17.1. The van der Waals surface area contributed by atoms with Gasteiger partial charge in [-0.05, 0) is 121 Å². The van der Waals surface area contributed by atoms with Crippen LogP contribution in [0.5, 0.6) is 5.06 Å². The zero-order valence-electron chi connectivity index (χ0n) is 29.2. The summed E-state index contributed by atoms with van der Waals surface area (Å²) in [6.07, 6.45) is 5.39. The molecule has 2 aromatic carbocycles. The van der Waals surface area contributed by atoms with Gasteiger partial charge in [0.15, 0.2) is 22.5 Å². The minimum Gasteiger partial charge on any atom is -0.418 e. The monoisotopic (exact) mass is 821 g/mol. The molecule has 284 valence electrons. The second kappa shape index (κ2) is 16.0. The predicted molar refractivity (Wildman–Crippen MR) is 205 cm³/mol. The fourth-order valence-corrected chi connectivity index (χ4v) is 10.8. The number of rotatable bonds is 5. The summed E-state index contributed by atoms with van der Waals surface area (Å²) >= 11 is 13.0. The van der Waals surface area contributed by atoms with Gasteiger partial charge < -0.3 is 10.5 Å². The molecule has 4 aromatic rings. The number of carbonyl (C=O) groups is 2. The molecular weight excluding hydrogens is 781 g/mol. The predicted octanol–water partition coefficient (Wildman–Crippen LogP) is 10.1. The third kappa shape index (κ3) is 7.74. The number of ketones is 1. The first-order valence-corrected chi connectivity index (χ1v) is 19.5. The largest absolute Gasteiger partial charge is 0.418 e. The van der Waals surface area contributed by atoms with Gasteiger partial charge in [-0.1, -0.05) is 34.5 Å². The molecule has 2 aromatic heterocycles. The molecule has 2 atom stereocenters. The van der Waals surface area contributed by atoms with Gasteiger partial charge >= 0.3 is 0 Å². The van der Waals surface area contributed by atoms with Crippen molar-refractivity contribution in [2.75, 3.05) is 26.2 Å². The Bertz CT molecular complexity index is 1950. The summed E-state index contributed by atoms with van der Waals surface area (Å²) in [6.45, 7) is 14.0. The van der Waals surface area contributed by atoms with Crippen LogP contribution in [0.3, 0.4) is 0 Å². The summed E-state index contributed by atoms with van der Waals surface area (Å²) in [7, 11) is 0. The van der Waals surface area contributed by atoms with E-state index in [0.717, 1.165) is 60.6 Å². The van der Waals surface area contributed by atoms with Crippen LogP contribution in [-0.2, 0) is 4.79 Å². The number of nitrogens with two attached hydrogens (primary N) is 1. The van der Waals surface area contributed by atoms with E-state index in [1.54, 1.807) is 6.07 Å². The lowest BCUT2D eigenvalue weighted by Crippen LogP contribution is -2.67. The van der Waals surface area contributed by atoms with Gasteiger partial charge in [0.05, 0.1) is 14.3 Å². The number of benzene rings is 2. The Morgan fingerprint density at radius 1 is 0.827 bits per heavy atom. The first-order chi connectivity index (χ1) is 24.0. The van der Waals surface area contributed by atoms with Crippen LogP contribution in [0.2, 0.25) is 10.0 Å². The van der Waals surface area contributed by atoms with Crippen molar-refractivity contribution in [3.05, 3.63) is 62.5 Å². The average Bonchev–Trinajstić information content (AvgIpc) is 3.72. The maximum Gasteiger partial charge on any atom is 0.299 e. The lowest BCUT2D eigenvalue weighted by atomic mass is 9.65. The molecule has 2 N–H and O–H groups in total. The highest BCUT2D eigenvalue weighted by Gasteiger charge is 2.48. The van der Waals surface area contributed by atoms with Gasteiger partial charge in [-0.25, -0.2) is 17.6 Å². The third-order valence-corrected chi connectivity index (χ3v) is 14.5. The Morgan fingerprint density at radius 3 is 1.77 bits per heavy atom. The van der Waals surface area contributed by atoms with Crippen molar-refractivity contribution >= 4 is 90.7 Å². The number of hydrogen-bond donors (Lipinski definition) is 1. The van der Waals surface area contributed by atoms with E-state index < -0.39 is 33.3 Å². The summed E-state index contributed by atoms with van der Waals surface area (Å²) in [6, 6.07) is 5.67. The number of hydrogen-bond acceptors (Lipinski definition) is 8. The zero-order chi connectivity index (χ0) is 37.0. The number of Topliss-reactive ketones (excluding diaryl/α,β-unsaturated/α-hetero) is 1. The fourth-order valence-electron chi connectivity index (χ4n) is 8.42. The normalized spacial score (nSPS) is 26.5. The molecule has 0 aliphatic carbocycles. The van der Waals surface area contributed by atoms with E-state index in [1.165, 1.54) is 38.1 Å². The molecule has 0 amide bonds. The van der Waals surface area contributed by atoms with Crippen molar-refractivity contribution in [1.29, 1.82) is 0 Å². The molecule has 6 saturated heterocycles. The van der Waals surface area contributed by atoms with Crippen molar-refractivity contribution in [1.82, 2.24) is 9.80 Å². The van der Waals surface area contributed by atoms with Crippen molar-refractivity contribution in [3.63, 3.8) is 0 Å². The number of halogens is 7. The lowest BCUT2D eigenvalue weighted by Gasteiger charge is -2.56. The Labute approximate surface area is 325 Å². The van der Waals surface area contributed by atoms with Crippen LogP contribution in [0.25, 0.3) is 20.2 Å². The maximum absolute atomic E-state index is 14.2. The molecule has 6 aliphatic rings. The molecule has 0 radical (unpaired) electrons. The quantitative estimate of drug-likeness (QED) is 0.0936. The number of thiophene rings is 2. The van der Waals surface area contributed by atoms with Crippen LogP contribution in [0.1, 0.15) is 69.5 Å². The molecule has 0 saturated carbocycles. The Balaban J connectivity index is 0.000000164. The van der Waals surface area contributed by atoms with Crippen LogP contribution >= 0.6 is 58.3 Å². The van der Waals surface area contributed by atoms with Gasteiger partial charge in [-0.2, -0.15) is 0 Å². The smallest absolute Gasteiger partial charge is 0.299 e. The highest BCUT2D eigenvalue weighted by atomic mass is 35.5. The Hall–Kier alpha value is -2.03. The highest BCUT2D eigenvalue weighted by Crippen LogP contribution is 2.46. The summed E-state index contributed by atoms with van der Waals surface area (Å²) in [5.74, 6) is -1.54. The number of ether oxygens (including phenoxy) is 1. The molecule has 4 bridgehead atoms. The average molecular weight is 823 g/mol. The molecule has 52 heavy (non-hydrogen) atoms. The molecule has 0 spiro atoms. The lowest BCUT2D eigenvalue weighted by molar-refractivity contribution is -0.120. The van der Waals surface area contributed by atoms with Crippen LogP contribution in [0.15, 0.2) is 24.3 Å². The fraction of sp³-hybridized carbons (Fsp3) is 0.514. The van der Waals surface area contributed by atoms with E-state index in [1.807, 2.05) is 0 Å². The van der Waals surface area contributed by atoms with E-state index in [-0.39, 0.29) is 50.2 Å². The molecule has 6 aliphatic heterocycles. The van der Waals surface area contributed by atoms with E-state index in [4.69, 9.17) is 28.9 Å². The number of fused-ring (bicyclic) bond motifs is 8. The second-order valence-corrected chi connectivity index (χ2v) is 17.7. The van der Waals surface area contributed by atoms with Gasteiger partial charge in [0.1, 0.15) is 21.7 Å². The summed E-state index contributed by atoms with van der Waals surface area (Å²) in [5.41, 5.74) is 6.43. The van der Waals surface area contributed by atoms with Gasteiger partial charge in [0.25, 0.3) is 6.47 Å². The molecular formula is C37H42Cl3F4N3O3S2. The number of piperidine rings is 6. The van der Waals surface area contributed by atoms with E-state index in [0.29, 0.717) is 39.9 Å². The van der Waals surface area contributed by atoms with Gasteiger partial charge in [0.2, 0.25) is 0 Å². The summed E-state index contributed by atoms with van der Waals surface area (Å²) in [5, 5.41) is -0.147. The van der Waals surface area contributed by atoms with Crippen LogP contribution < -0.4 is 10.5 Å². The molecule has 8 heterocycles. The van der Waals surface area contributed by atoms with Gasteiger partial charge in [0, 0.05) is 35.0 Å². The van der Waals surface area contributed by atoms with Crippen molar-refractivity contribution in [2.45, 2.75) is 76.9 Å². The minimum atomic E-state index is -0.836. The third-order valence-electron chi connectivity index (χ3n) is 11.6. The molecule has 15 heteroatoms. The minimum absolute atomic E-state index is 0. The van der Waals surface area contributed by atoms with Crippen LogP contribution in [0, 0.1) is 41.0 Å². The number of carbonyl (C=O) groups excluding carboxylic acids is 2. The topological polar surface area (TPSA) is 75.9 Å². The molecule has 0 unspecified atom stereocenters. The standard InChI is InChI=1S/C19H20ClF2NOS.C9H3ClF2O2S.C9H18N2.ClH/c1-19(2)12(10-3-5-23(19)6-4-10)9-14(24)15-8-11-7-13(21)16(20)17(22)18(11)25-15;10-7-5(11)1-4-2-6(14-3-13)15-9(4)8(7)12;1-9(2)8(10)7-3-5-11(9)6-4-7;/h7-8,10,12H,3-6,9H2,1-2H3;1-3H;7-8H,3-6,10H2,1-2H3;1H/t12-;;8-;/m1.1./s1. The SMILES string of the molecule is CC1(C)[C@H](CC(=O)c2cc3cc(F)c(Cl)c(F)c3s2)C2CCN1CC2.CC1(C)[C@H](N)C2CCN1CC2.Cl.O=COc1cc2cc(F)c(Cl)c(F)c2s1. The zero-order valence-corrected chi connectivity index (χ0v) is 33.2. The van der Waals surface area contributed by atoms with Crippen LogP contribution in [-0.4, -0.2) is 65.4 Å². The van der Waals surface area contributed by atoms with E-state index in [2.05, 4.69) is 42.2 Å². The maximum atomic E-state index is 14.2. The van der Waals surface area contributed by atoms with Crippen molar-refractivity contribution < 1.29 is 31.9 Å². The number of nitrogens with zero attached hydrogens (tertiary/aromatic N) is 2. The van der Waals surface area contributed by atoms with Gasteiger partial charge in [-0.3, -0.25) is 19.4 Å². The van der Waals surface area contributed by atoms with Crippen molar-refractivity contribution in [3.8, 4) is 5.06 Å². The molecule has 6 nitrogen and oxygen atoms in total. The summed E-state index contributed by atoms with van der Waals surface area (Å²) in [4.78, 5) is 28.4.